The Kier molecular flexibility index (Phi) is 13.4. The highest BCUT2D eigenvalue weighted by molar-refractivity contribution is 7.17. The van der Waals surface area contributed by atoms with E-state index in [-0.39, 0.29) is 12.3 Å². The van der Waals surface area contributed by atoms with Gasteiger partial charge < -0.3 is 9.47 Å². The van der Waals surface area contributed by atoms with Crippen molar-refractivity contribution in [2.75, 3.05) is 56.4 Å². The van der Waals surface area contributed by atoms with Crippen LogP contribution in [0.3, 0.4) is 0 Å². The summed E-state index contributed by atoms with van der Waals surface area (Å²) in [6.45, 7) is 8.46. The topological polar surface area (TPSA) is 79.0 Å². The molecule has 10 heteroatoms. The van der Waals surface area contributed by atoms with Gasteiger partial charge in [0.1, 0.15) is 36.0 Å². The van der Waals surface area contributed by atoms with Gasteiger partial charge in [0.15, 0.2) is 0 Å². The molecule has 0 N–H and O–H groups in total. The van der Waals surface area contributed by atoms with Crippen LogP contribution in [0.5, 0.6) is 11.5 Å². The van der Waals surface area contributed by atoms with Crippen molar-refractivity contribution in [2.24, 2.45) is 0 Å². The molecule has 0 spiro atoms. The van der Waals surface area contributed by atoms with Crippen molar-refractivity contribution in [3.63, 3.8) is 0 Å². The second-order valence-electron chi connectivity index (χ2n) is 12.4. The minimum absolute atomic E-state index is 0.108. The lowest BCUT2D eigenvalue weighted by Gasteiger charge is -2.34. The first-order valence-corrected chi connectivity index (χ1v) is 17.3. The maximum Gasteiger partial charge on any atom is 0.212 e. The molecule has 8 nitrogen and oxygen atoms in total. The van der Waals surface area contributed by atoms with E-state index in [0.29, 0.717) is 0 Å². The van der Waals surface area contributed by atoms with Crippen molar-refractivity contribution in [1.29, 1.82) is 10.5 Å². The number of rotatable bonds is 12. The number of aryl methyl sites for hydroxylation is 4. The summed E-state index contributed by atoms with van der Waals surface area (Å²) in [5, 5.41) is 26.0. The summed E-state index contributed by atoms with van der Waals surface area (Å²) in [6, 6.07) is 13.1. The summed E-state index contributed by atoms with van der Waals surface area (Å²) in [4.78, 5) is 8.04. The fourth-order valence-corrected chi connectivity index (χ4v) is 8.00. The van der Waals surface area contributed by atoms with Crippen LogP contribution in [-0.4, -0.2) is 101 Å². The van der Waals surface area contributed by atoms with E-state index in [9.17, 15) is 10.5 Å². The van der Waals surface area contributed by atoms with Gasteiger partial charge in [-0.1, -0.05) is 13.8 Å². The molecule has 0 aliphatic rings. The number of ether oxygens (including phenoxy) is 2. The van der Waals surface area contributed by atoms with Gasteiger partial charge in [0, 0.05) is 20.5 Å². The molecule has 0 fully saturated rings. The molecule has 2 aromatic heterocycles. The maximum absolute atomic E-state index is 9.64. The third-order valence-electron chi connectivity index (χ3n) is 8.11. The lowest BCUT2D eigenvalue weighted by molar-refractivity contribution is 0.0403. The lowest BCUT2D eigenvalue weighted by Crippen LogP contribution is -2.50. The van der Waals surface area contributed by atoms with E-state index in [4.69, 9.17) is 9.47 Å². The SMILES string of the molecule is CCc1c(OC(C#N)C(N(C)C)N(C)C)cc(C)c2sccc12.CCc1c(OC(C#N)C(N(C)C)N(C)C)cc(C)c2sccc12. The first-order valence-electron chi connectivity index (χ1n) is 15.6. The van der Waals surface area contributed by atoms with Gasteiger partial charge >= 0.3 is 0 Å². The van der Waals surface area contributed by atoms with Gasteiger partial charge in [0.25, 0.3) is 0 Å². The Labute approximate surface area is 283 Å². The standard InChI is InChI=1S/2C18H25N3OS/c2*1-7-13-14-8-9-23-17(14)12(2)10-15(13)22-16(11-19)18(20(3)4)21(5)6/h2*8-10,16,18H,7H2,1-6H3. The summed E-state index contributed by atoms with van der Waals surface area (Å²) in [5.41, 5.74) is 4.77. The minimum Gasteiger partial charge on any atom is -0.472 e. The maximum atomic E-state index is 9.64. The zero-order valence-electron chi connectivity index (χ0n) is 29.5. The molecule has 4 aromatic rings. The van der Waals surface area contributed by atoms with E-state index in [1.54, 1.807) is 22.7 Å². The van der Waals surface area contributed by atoms with E-state index >= 15 is 0 Å². The van der Waals surface area contributed by atoms with Gasteiger partial charge in [-0.05, 0) is 140 Å². The van der Waals surface area contributed by atoms with E-state index in [2.05, 4.69) is 74.9 Å². The molecule has 0 amide bonds. The fraction of sp³-hybridized carbons (Fsp3) is 0.500. The number of thiophene rings is 2. The van der Waals surface area contributed by atoms with Crippen molar-refractivity contribution < 1.29 is 9.47 Å². The van der Waals surface area contributed by atoms with Crippen LogP contribution >= 0.6 is 22.7 Å². The zero-order chi connectivity index (χ0) is 34.3. The number of nitriles is 2. The Hall–Kier alpha value is -3.22. The van der Waals surface area contributed by atoms with E-state index in [0.717, 1.165) is 24.3 Å². The first kappa shape index (κ1) is 37.2. The van der Waals surface area contributed by atoms with Gasteiger partial charge in [0.2, 0.25) is 12.2 Å². The summed E-state index contributed by atoms with van der Waals surface area (Å²) in [7, 11) is 15.7. The van der Waals surface area contributed by atoms with Crippen LogP contribution in [0.1, 0.15) is 36.1 Å². The van der Waals surface area contributed by atoms with Crippen molar-refractivity contribution in [1.82, 2.24) is 19.6 Å². The fourth-order valence-electron chi connectivity index (χ4n) is 6.20. The summed E-state index contributed by atoms with van der Waals surface area (Å²) in [6.07, 6.45) is 0.443. The van der Waals surface area contributed by atoms with E-state index < -0.39 is 12.2 Å². The molecule has 2 heterocycles. The second kappa shape index (κ2) is 16.6. The number of benzene rings is 2. The monoisotopic (exact) mass is 662 g/mol. The van der Waals surface area contributed by atoms with Crippen LogP contribution < -0.4 is 9.47 Å². The molecule has 0 aliphatic carbocycles. The summed E-state index contributed by atoms with van der Waals surface area (Å²) in [5.74, 6) is 1.66. The van der Waals surface area contributed by atoms with Crippen LogP contribution in [0.2, 0.25) is 0 Å². The van der Waals surface area contributed by atoms with Gasteiger partial charge in [-0.25, -0.2) is 0 Å². The molecule has 0 saturated heterocycles. The molecule has 0 saturated carbocycles. The van der Waals surface area contributed by atoms with E-state index in [1.807, 2.05) is 76.0 Å². The highest BCUT2D eigenvalue weighted by atomic mass is 32.1. The summed E-state index contributed by atoms with van der Waals surface area (Å²) < 4.78 is 15.0. The quantitative estimate of drug-likeness (QED) is 0.150. The molecule has 2 atom stereocenters. The predicted molar refractivity (Wildman–Crippen MR) is 194 cm³/mol. The van der Waals surface area contributed by atoms with Crippen molar-refractivity contribution >= 4 is 42.8 Å². The summed E-state index contributed by atoms with van der Waals surface area (Å²) >= 11 is 3.51. The van der Waals surface area contributed by atoms with Gasteiger partial charge in [-0.3, -0.25) is 19.6 Å². The highest BCUT2D eigenvalue weighted by Gasteiger charge is 2.29. The molecule has 2 unspecified atom stereocenters. The number of hydrogen-bond acceptors (Lipinski definition) is 10. The molecular weight excluding hydrogens is 613 g/mol. The van der Waals surface area contributed by atoms with Crippen LogP contribution in [0.15, 0.2) is 35.0 Å². The normalized spacial score (nSPS) is 13.0. The van der Waals surface area contributed by atoms with Gasteiger partial charge in [-0.15, -0.1) is 22.7 Å². The molecule has 0 bridgehead atoms. The Morgan fingerprint density at radius 2 is 0.957 bits per heavy atom. The van der Waals surface area contributed by atoms with E-state index in [1.165, 1.54) is 42.4 Å². The second-order valence-corrected chi connectivity index (χ2v) is 14.2. The smallest absolute Gasteiger partial charge is 0.212 e. The minimum atomic E-state index is -0.555. The molecule has 248 valence electrons. The van der Waals surface area contributed by atoms with Crippen LogP contribution in [-0.2, 0) is 12.8 Å². The highest BCUT2D eigenvalue weighted by Crippen LogP contribution is 2.37. The molecule has 0 radical (unpaired) electrons. The average molecular weight is 663 g/mol. The molecule has 0 aliphatic heterocycles. The Balaban J connectivity index is 0.000000250. The number of nitrogens with zero attached hydrogens (tertiary/aromatic N) is 6. The third kappa shape index (κ3) is 8.19. The Morgan fingerprint density at radius 1 is 0.630 bits per heavy atom. The Morgan fingerprint density at radius 3 is 1.22 bits per heavy atom. The molecule has 2 aromatic carbocycles. The number of fused-ring (bicyclic) bond motifs is 2. The average Bonchev–Trinajstić information content (AvgIpc) is 3.68. The zero-order valence-corrected chi connectivity index (χ0v) is 31.1. The van der Waals surface area contributed by atoms with Crippen molar-refractivity contribution in [3.8, 4) is 23.6 Å². The van der Waals surface area contributed by atoms with Gasteiger partial charge in [-0.2, -0.15) is 10.5 Å². The van der Waals surface area contributed by atoms with Crippen LogP contribution in [0.25, 0.3) is 20.2 Å². The number of hydrogen-bond donors (Lipinski definition) is 0. The van der Waals surface area contributed by atoms with Crippen LogP contribution in [0.4, 0.5) is 0 Å². The Bertz CT molecular complexity index is 1540. The van der Waals surface area contributed by atoms with Crippen molar-refractivity contribution in [3.05, 3.63) is 57.3 Å². The van der Waals surface area contributed by atoms with Crippen LogP contribution in [0, 0.1) is 36.5 Å². The number of likely N-dealkylation sites (N-methyl/N-ethyl adjacent to an activating group) is 4. The van der Waals surface area contributed by atoms with Crippen molar-refractivity contribution in [2.45, 2.75) is 65.1 Å². The largest absolute Gasteiger partial charge is 0.472 e. The molecule has 4 rings (SSSR count). The molecular formula is C36H50N6O2S2. The van der Waals surface area contributed by atoms with Gasteiger partial charge in [0.05, 0.1) is 0 Å². The first-order chi connectivity index (χ1) is 21.8. The lowest BCUT2D eigenvalue weighted by atomic mass is 10.0. The predicted octanol–water partition coefficient (Wildman–Crippen LogP) is 6.98. The third-order valence-corrected chi connectivity index (χ3v) is 10.2. The molecule has 46 heavy (non-hydrogen) atoms.